The minimum atomic E-state index is -0.717. The van der Waals surface area contributed by atoms with Gasteiger partial charge in [0, 0.05) is 17.2 Å². The standard InChI is InChI=1S/C22H24Cl2N2O3/c1-12-7-5-6-8-17(12)20(27)26-21(28)25-16-9-13(2)19(14(3)10-16)29-11-18-15(4)22(18,23)24/h5-10,15,18H,11H2,1-4H3,(H2,25,26,27,28). The number of benzene rings is 2. The number of urea groups is 1. The van der Waals surface area contributed by atoms with E-state index in [1.165, 1.54) is 0 Å². The Morgan fingerprint density at radius 2 is 1.66 bits per heavy atom. The van der Waals surface area contributed by atoms with Crippen LogP contribution in [0.3, 0.4) is 0 Å². The average molecular weight is 435 g/mol. The zero-order valence-electron chi connectivity index (χ0n) is 16.8. The van der Waals surface area contributed by atoms with Gasteiger partial charge in [0.2, 0.25) is 0 Å². The van der Waals surface area contributed by atoms with Gasteiger partial charge in [-0.1, -0.05) is 25.1 Å². The van der Waals surface area contributed by atoms with Crippen molar-refractivity contribution in [1.29, 1.82) is 0 Å². The molecule has 1 saturated carbocycles. The lowest BCUT2D eigenvalue weighted by atomic mass is 10.1. The van der Waals surface area contributed by atoms with E-state index in [-0.39, 0.29) is 11.8 Å². The van der Waals surface area contributed by atoms with Crippen molar-refractivity contribution in [3.05, 3.63) is 58.7 Å². The van der Waals surface area contributed by atoms with Gasteiger partial charge in [0.1, 0.15) is 10.1 Å². The second kappa shape index (κ2) is 8.25. The number of rotatable bonds is 5. The number of ether oxygens (including phenoxy) is 1. The van der Waals surface area contributed by atoms with Crippen molar-refractivity contribution in [3.8, 4) is 5.75 Å². The minimum absolute atomic E-state index is 0.0978. The number of anilines is 1. The predicted octanol–water partition coefficient (Wildman–Crippen LogP) is 5.39. The highest BCUT2D eigenvalue weighted by molar-refractivity contribution is 6.51. The molecule has 2 aromatic rings. The van der Waals surface area contributed by atoms with E-state index in [0.29, 0.717) is 17.9 Å². The zero-order valence-corrected chi connectivity index (χ0v) is 18.3. The second-order valence-corrected chi connectivity index (χ2v) is 8.99. The normalized spacial score (nSPS) is 19.4. The fourth-order valence-corrected chi connectivity index (χ4v) is 4.08. The van der Waals surface area contributed by atoms with Gasteiger partial charge in [0.25, 0.3) is 5.91 Å². The largest absolute Gasteiger partial charge is 0.493 e. The smallest absolute Gasteiger partial charge is 0.326 e. The lowest BCUT2D eigenvalue weighted by Gasteiger charge is -2.15. The van der Waals surface area contributed by atoms with Crippen LogP contribution in [0.15, 0.2) is 36.4 Å². The first kappa shape index (κ1) is 21.5. The van der Waals surface area contributed by atoms with Gasteiger partial charge in [-0.3, -0.25) is 10.1 Å². The van der Waals surface area contributed by atoms with E-state index in [0.717, 1.165) is 22.4 Å². The predicted molar refractivity (Wildman–Crippen MR) is 116 cm³/mol. The SMILES string of the molecule is Cc1ccccc1C(=O)NC(=O)Nc1cc(C)c(OCC2C(C)C2(Cl)Cl)c(C)c1. The van der Waals surface area contributed by atoms with E-state index >= 15 is 0 Å². The average Bonchev–Trinajstić information content (AvgIpc) is 3.11. The van der Waals surface area contributed by atoms with Gasteiger partial charge in [-0.2, -0.15) is 0 Å². The number of amides is 3. The molecule has 2 unspecified atom stereocenters. The number of alkyl halides is 2. The van der Waals surface area contributed by atoms with E-state index in [1.807, 2.05) is 39.8 Å². The molecular weight excluding hydrogens is 411 g/mol. The van der Waals surface area contributed by atoms with Gasteiger partial charge in [0.15, 0.2) is 0 Å². The van der Waals surface area contributed by atoms with Crippen LogP contribution >= 0.6 is 23.2 Å². The van der Waals surface area contributed by atoms with E-state index in [2.05, 4.69) is 10.6 Å². The Labute approximate surface area is 180 Å². The third-order valence-electron chi connectivity index (χ3n) is 5.34. The zero-order chi connectivity index (χ0) is 21.3. The molecule has 1 aliphatic rings. The van der Waals surface area contributed by atoms with Crippen molar-refractivity contribution in [1.82, 2.24) is 5.32 Å². The summed E-state index contributed by atoms with van der Waals surface area (Å²) in [6.45, 7) is 8.05. The molecule has 3 amide bonds. The van der Waals surface area contributed by atoms with Crippen molar-refractivity contribution in [2.24, 2.45) is 11.8 Å². The molecule has 0 saturated heterocycles. The van der Waals surface area contributed by atoms with Crippen LogP contribution in [-0.2, 0) is 0 Å². The third-order valence-corrected chi connectivity index (χ3v) is 6.59. The van der Waals surface area contributed by atoms with Crippen LogP contribution in [0, 0.1) is 32.6 Å². The molecule has 154 valence electrons. The Balaban J connectivity index is 1.62. The van der Waals surface area contributed by atoms with Crippen LogP contribution in [0.4, 0.5) is 10.5 Å². The van der Waals surface area contributed by atoms with Gasteiger partial charge in [0.05, 0.1) is 6.61 Å². The van der Waals surface area contributed by atoms with Crippen LogP contribution < -0.4 is 15.4 Å². The summed E-state index contributed by atoms with van der Waals surface area (Å²) in [5, 5.41) is 5.05. The van der Waals surface area contributed by atoms with Gasteiger partial charge < -0.3 is 10.1 Å². The highest BCUT2D eigenvalue weighted by Gasteiger charge is 2.60. The first-order valence-electron chi connectivity index (χ1n) is 9.41. The van der Waals surface area contributed by atoms with Crippen molar-refractivity contribution in [2.45, 2.75) is 32.0 Å². The third kappa shape index (κ3) is 4.68. The highest BCUT2D eigenvalue weighted by atomic mass is 35.5. The fraction of sp³-hybridized carbons (Fsp3) is 0.364. The minimum Gasteiger partial charge on any atom is -0.493 e. The van der Waals surface area contributed by atoms with E-state index in [9.17, 15) is 9.59 Å². The summed E-state index contributed by atoms with van der Waals surface area (Å²) in [6, 6.07) is 10.1. The van der Waals surface area contributed by atoms with Crippen molar-refractivity contribution >= 4 is 40.8 Å². The monoisotopic (exact) mass is 434 g/mol. The molecule has 0 aromatic heterocycles. The molecule has 2 N–H and O–H groups in total. The van der Waals surface area contributed by atoms with Crippen LogP contribution in [0.5, 0.6) is 5.75 Å². The lowest BCUT2D eigenvalue weighted by Crippen LogP contribution is -2.34. The molecule has 5 nitrogen and oxygen atoms in total. The molecular formula is C22H24Cl2N2O3. The Hall–Kier alpha value is -2.24. The molecule has 1 aliphatic carbocycles. The maximum atomic E-state index is 12.3. The number of hydrogen-bond acceptors (Lipinski definition) is 3. The van der Waals surface area contributed by atoms with E-state index in [4.69, 9.17) is 27.9 Å². The quantitative estimate of drug-likeness (QED) is 0.619. The fourth-order valence-electron chi connectivity index (χ4n) is 3.40. The number of aryl methyl sites for hydroxylation is 3. The maximum absolute atomic E-state index is 12.3. The van der Waals surface area contributed by atoms with Gasteiger partial charge in [-0.25, -0.2) is 4.79 Å². The highest BCUT2D eigenvalue weighted by Crippen LogP contribution is 2.58. The van der Waals surface area contributed by atoms with E-state index < -0.39 is 16.3 Å². The molecule has 0 radical (unpaired) electrons. The molecule has 0 spiro atoms. The number of halogens is 2. The Morgan fingerprint density at radius 1 is 1.07 bits per heavy atom. The first-order chi connectivity index (χ1) is 13.6. The Kier molecular flexibility index (Phi) is 6.11. The van der Waals surface area contributed by atoms with Crippen LogP contribution in [-0.4, -0.2) is 22.9 Å². The van der Waals surface area contributed by atoms with Crippen molar-refractivity contribution in [2.75, 3.05) is 11.9 Å². The van der Waals surface area contributed by atoms with Crippen LogP contribution in [0.2, 0.25) is 0 Å². The number of carbonyl (C=O) groups is 2. The number of carbonyl (C=O) groups excluding carboxylic acids is 2. The summed E-state index contributed by atoms with van der Waals surface area (Å²) in [4.78, 5) is 24.5. The molecule has 0 heterocycles. The molecule has 2 atom stereocenters. The van der Waals surface area contributed by atoms with Gasteiger partial charge in [-0.05, 0) is 61.6 Å². The van der Waals surface area contributed by atoms with E-state index in [1.54, 1.807) is 24.3 Å². The first-order valence-corrected chi connectivity index (χ1v) is 10.2. The van der Waals surface area contributed by atoms with Gasteiger partial charge in [-0.15, -0.1) is 23.2 Å². The summed E-state index contributed by atoms with van der Waals surface area (Å²) in [6.07, 6.45) is 0. The lowest BCUT2D eigenvalue weighted by molar-refractivity contribution is 0.0966. The molecule has 29 heavy (non-hydrogen) atoms. The summed E-state index contributed by atoms with van der Waals surface area (Å²) < 4.78 is 5.22. The van der Waals surface area contributed by atoms with Crippen LogP contribution in [0.1, 0.15) is 34.0 Å². The molecule has 7 heteroatoms. The summed E-state index contributed by atoms with van der Waals surface area (Å²) in [5.74, 6) is 0.593. The molecule has 3 rings (SSSR count). The molecule has 0 aliphatic heterocycles. The van der Waals surface area contributed by atoms with Crippen LogP contribution in [0.25, 0.3) is 0 Å². The summed E-state index contributed by atoms with van der Waals surface area (Å²) >= 11 is 12.4. The maximum Gasteiger partial charge on any atom is 0.326 e. The van der Waals surface area contributed by atoms with Crippen molar-refractivity contribution < 1.29 is 14.3 Å². The molecule has 2 aromatic carbocycles. The Morgan fingerprint density at radius 3 is 2.21 bits per heavy atom. The summed E-state index contributed by atoms with van der Waals surface area (Å²) in [7, 11) is 0. The second-order valence-electron chi connectivity index (χ2n) is 7.54. The Bertz CT molecular complexity index is 936. The number of imide groups is 1. The topological polar surface area (TPSA) is 67.4 Å². The van der Waals surface area contributed by atoms with Gasteiger partial charge >= 0.3 is 6.03 Å². The summed E-state index contributed by atoms with van der Waals surface area (Å²) in [5.41, 5.74) is 3.57. The number of nitrogens with one attached hydrogen (secondary N) is 2. The molecule has 1 fully saturated rings. The molecule has 0 bridgehead atoms. The number of hydrogen-bond donors (Lipinski definition) is 2. The van der Waals surface area contributed by atoms with Crippen molar-refractivity contribution in [3.63, 3.8) is 0 Å².